The van der Waals surface area contributed by atoms with Crippen molar-refractivity contribution in [1.82, 2.24) is 0 Å². The van der Waals surface area contributed by atoms with E-state index < -0.39 is 0 Å². The SMILES string of the molecule is CCC(CN)CC(=O)C1CCCC(CC)C1. The van der Waals surface area contributed by atoms with Crippen molar-refractivity contribution in [2.24, 2.45) is 23.5 Å². The van der Waals surface area contributed by atoms with Crippen LogP contribution in [0.25, 0.3) is 0 Å². The Labute approximate surface area is 100.0 Å². The zero-order valence-corrected chi connectivity index (χ0v) is 10.9. The molecule has 94 valence electrons. The maximum absolute atomic E-state index is 12.1. The molecular formula is C14H27NO. The summed E-state index contributed by atoms with van der Waals surface area (Å²) in [5.74, 6) is 2.03. The molecule has 0 aromatic carbocycles. The molecule has 0 bridgehead atoms. The number of carbonyl (C=O) groups excluding carboxylic acids is 1. The molecule has 1 aliphatic carbocycles. The predicted octanol–water partition coefficient (Wildman–Crippen LogP) is 3.15. The van der Waals surface area contributed by atoms with E-state index in [0.717, 1.165) is 25.2 Å². The van der Waals surface area contributed by atoms with Crippen molar-refractivity contribution in [3.8, 4) is 0 Å². The first kappa shape index (κ1) is 13.7. The molecule has 3 unspecified atom stereocenters. The van der Waals surface area contributed by atoms with Crippen molar-refractivity contribution in [2.45, 2.75) is 58.8 Å². The summed E-state index contributed by atoms with van der Waals surface area (Å²) in [5.41, 5.74) is 5.66. The molecule has 0 spiro atoms. The molecule has 1 saturated carbocycles. The fourth-order valence-corrected chi connectivity index (χ4v) is 2.80. The molecule has 0 aliphatic heterocycles. The second-order valence-electron chi connectivity index (χ2n) is 5.32. The molecule has 16 heavy (non-hydrogen) atoms. The first-order chi connectivity index (χ1) is 7.71. The minimum atomic E-state index is 0.347. The molecule has 0 aromatic rings. The lowest BCUT2D eigenvalue weighted by Crippen LogP contribution is -2.26. The second-order valence-corrected chi connectivity index (χ2v) is 5.32. The fraction of sp³-hybridized carbons (Fsp3) is 0.929. The third kappa shape index (κ3) is 3.89. The van der Waals surface area contributed by atoms with Gasteiger partial charge in [-0.2, -0.15) is 0 Å². The quantitative estimate of drug-likeness (QED) is 0.754. The first-order valence-electron chi connectivity index (χ1n) is 6.93. The van der Waals surface area contributed by atoms with Gasteiger partial charge in [0.15, 0.2) is 0 Å². The minimum absolute atomic E-state index is 0.347. The Hall–Kier alpha value is -0.370. The molecule has 0 amide bonds. The van der Waals surface area contributed by atoms with Gasteiger partial charge in [-0.15, -0.1) is 0 Å². The molecule has 1 fully saturated rings. The van der Waals surface area contributed by atoms with E-state index in [1.807, 2.05) is 0 Å². The van der Waals surface area contributed by atoms with Crippen molar-refractivity contribution < 1.29 is 4.79 Å². The van der Waals surface area contributed by atoms with Crippen molar-refractivity contribution in [3.63, 3.8) is 0 Å². The Morgan fingerprint density at radius 3 is 2.69 bits per heavy atom. The number of carbonyl (C=O) groups is 1. The van der Waals surface area contributed by atoms with Crippen LogP contribution >= 0.6 is 0 Å². The Bertz CT molecular complexity index is 211. The summed E-state index contributed by atoms with van der Waals surface area (Å²) in [7, 11) is 0. The van der Waals surface area contributed by atoms with E-state index in [4.69, 9.17) is 5.73 Å². The summed E-state index contributed by atoms with van der Waals surface area (Å²) in [4.78, 5) is 12.1. The highest BCUT2D eigenvalue weighted by molar-refractivity contribution is 5.81. The maximum atomic E-state index is 12.1. The first-order valence-corrected chi connectivity index (χ1v) is 6.93. The Morgan fingerprint density at radius 1 is 1.38 bits per heavy atom. The average molecular weight is 225 g/mol. The van der Waals surface area contributed by atoms with E-state index in [0.29, 0.717) is 30.6 Å². The predicted molar refractivity (Wildman–Crippen MR) is 68.2 cm³/mol. The summed E-state index contributed by atoms with van der Waals surface area (Å²) >= 11 is 0. The smallest absolute Gasteiger partial charge is 0.136 e. The lowest BCUT2D eigenvalue weighted by atomic mass is 9.76. The number of rotatable bonds is 6. The molecule has 0 aromatic heterocycles. The van der Waals surface area contributed by atoms with E-state index in [1.165, 1.54) is 19.3 Å². The normalized spacial score (nSPS) is 27.7. The van der Waals surface area contributed by atoms with Gasteiger partial charge in [-0.25, -0.2) is 0 Å². The van der Waals surface area contributed by atoms with Gasteiger partial charge < -0.3 is 5.73 Å². The number of hydrogen-bond donors (Lipinski definition) is 1. The van der Waals surface area contributed by atoms with Gasteiger partial charge in [-0.05, 0) is 31.2 Å². The molecule has 0 saturated heterocycles. The monoisotopic (exact) mass is 225 g/mol. The zero-order valence-electron chi connectivity index (χ0n) is 10.9. The van der Waals surface area contributed by atoms with Crippen LogP contribution in [0.3, 0.4) is 0 Å². The number of hydrogen-bond acceptors (Lipinski definition) is 2. The van der Waals surface area contributed by atoms with E-state index >= 15 is 0 Å². The maximum Gasteiger partial charge on any atom is 0.136 e. The summed E-state index contributed by atoms with van der Waals surface area (Å²) in [6.45, 7) is 5.03. The molecule has 1 aliphatic rings. The highest BCUT2D eigenvalue weighted by Crippen LogP contribution is 2.32. The molecule has 0 radical (unpaired) electrons. The topological polar surface area (TPSA) is 43.1 Å². The number of nitrogens with two attached hydrogens (primary N) is 1. The third-order valence-corrected chi connectivity index (χ3v) is 4.22. The summed E-state index contributed by atoms with van der Waals surface area (Å²) in [6.07, 6.45) is 7.81. The van der Waals surface area contributed by atoms with E-state index in [-0.39, 0.29) is 0 Å². The summed E-state index contributed by atoms with van der Waals surface area (Å²) < 4.78 is 0. The van der Waals surface area contributed by atoms with E-state index in [1.54, 1.807) is 0 Å². The largest absolute Gasteiger partial charge is 0.330 e. The lowest BCUT2D eigenvalue weighted by molar-refractivity contribution is -0.125. The number of Topliss-reactive ketones (excluding diaryl/α,β-unsaturated/α-hetero) is 1. The van der Waals surface area contributed by atoms with Crippen molar-refractivity contribution in [2.75, 3.05) is 6.54 Å². The summed E-state index contributed by atoms with van der Waals surface area (Å²) in [6, 6.07) is 0. The Balaban J connectivity index is 2.40. The molecule has 0 heterocycles. The van der Waals surface area contributed by atoms with Crippen LogP contribution in [-0.2, 0) is 4.79 Å². The highest BCUT2D eigenvalue weighted by atomic mass is 16.1. The van der Waals surface area contributed by atoms with Crippen LogP contribution in [0.1, 0.15) is 58.8 Å². The van der Waals surface area contributed by atoms with Gasteiger partial charge in [-0.1, -0.05) is 39.5 Å². The van der Waals surface area contributed by atoms with Gasteiger partial charge in [0.2, 0.25) is 0 Å². The van der Waals surface area contributed by atoms with Gasteiger partial charge in [0.25, 0.3) is 0 Å². The van der Waals surface area contributed by atoms with Gasteiger partial charge in [0.1, 0.15) is 5.78 Å². The second kappa shape index (κ2) is 7.05. The number of ketones is 1. The molecule has 2 nitrogen and oxygen atoms in total. The van der Waals surface area contributed by atoms with Gasteiger partial charge in [0, 0.05) is 12.3 Å². The van der Waals surface area contributed by atoms with Gasteiger partial charge >= 0.3 is 0 Å². The summed E-state index contributed by atoms with van der Waals surface area (Å²) in [5, 5.41) is 0. The molecule has 2 N–H and O–H groups in total. The van der Waals surface area contributed by atoms with Crippen LogP contribution in [0, 0.1) is 17.8 Å². The third-order valence-electron chi connectivity index (χ3n) is 4.22. The van der Waals surface area contributed by atoms with Crippen molar-refractivity contribution in [3.05, 3.63) is 0 Å². The highest BCUT2D eigenvalue weighted by Gasteiger charge is 2.27. The fourth-order valence-electron chi connectivity index (χ4n) is 2.80. The van der Waals surface area contributed by atoms with E-state index in [9.17, 15) is 4.79 Å². The molecule has 2 heteroatoms. The molecular weight excluding hydrogens is 198 g/mol. The van der Waals surface area contributed by atoms with Crippen LogP contribution in [0.2, 0.25) is 0 Å². The van der Waals surface area contributed by atoms with Crippen LogP contribution in [0.5, 0.6) is 0 Å². The molecule has 3 atom stereocenters. The Kier molecular flexibility index (Phi) is 6.04. The van der Waals surface area contributed by atoms with Crippen LogP contribution < -0.4 is 5.73 Å². The van der Waals surface area contributed by atoms with Gasteiger partial charge in [0.05, 0.1) is 0 Å². The standard InChI is InChI=1S/C14H27NO/c1-3-11-6-5-7-13(8-11)14(16)9-12(4-2)10-15/h11-13H,3-10,15H2,1-2H3. The van der Waals surface area contributed by atoms with Crippen molar-refractivity contribution in [1.29, 1.82) is 0 Å². The molecule has 1 rings (SSSR count). The van der Waals surface area contributed by atoms with Crippen LogP contribution in [0.4, 0.5) is 0 Å². The van der Waals surface area contributed by atoms with Gasteiger partial charge in [-0.3, -0.25) is 4.79 Å². The van der Waals surface area contributed by atoms with Crippen LogP contribution in [0.15, 0.2) is 0 Å². The van der Waals surface area contributed by atoms with E-state index in [2.05, 4.69) is 13.8 Å². The Morgan fingerprint density at radius 2 is 2.12 bits per heavy atom. The minimum Gasteiger partial charge on any atom is -0.330 e. The van der Waals surface area contributed by atoms with Crippen LogP contribution in [-0.4, -0.2) is 12.3 Å². The lowest BCUT2D eigenvalue weighted by Gasteiger charge is -2.28. The van der Waals surface area contributed by atoms with Crippen molar-refractivity contribution >= 4 is 5.78 Å². The average Bonchev–Trinajstić information content (AvgIpc) is 2.35. The zero-order chi connectivity index (χ0) is 12.0.